The van der Waals surface area contributed by atoms with Crippen LogP contribution in [0.25, 0.3) is 0 Å². The number of rotatable bonds is 6. The van der Waals surface area contributed by atoms with Crippen LogP contribution in [0.15, 0.2) is 0 Å². The molecule has 1 heterocycles. The van der Waals surface area contributed by atoms with E-state index in [1.807, 2.05) is 6.92 Å². The van der Waals surface area contributed by atoms with Crippen LogP contribution in [0.4, 0.5) is 0 Å². The lowest BCUT2D eigenvalue weighted by molar-refractivity contribution is 0.0519. The Labute approximate surface area is 106 Å². The van der Waals surface area contributed by atoms with Gasteiger partial charge in [-0.1, -0.05) is 0 Å². The van der Waals surface area contributed by atoms with Gasteiger partial charge in [-0.2, -0.15) is 0 Å². The van der Waals surface area contributed by atoms with Crippen molar-refractivity contribution >= 4 is 11.8 Å². The summed E-state index contributed by atoms with van der Waals surface area (Å²) in [6.45, 7) is 7.87. The molecule has 5 nitrogen and oxygen atoms in total. The lowest BCUT2D eigenvalue weighted by Gasteiger charge is -2.03. The van der Waals surface area contributed by atoms with Crippen molar-refractivity contribution in [3.63, 3.8) is 0 Å². The number of carbonyl (C=O) groups excluding carboxylic acids is 2. The predicted octanol–water partition coefficient (Wildman–Crippen LogP) is 2.03. The number of carbonyl (C=O) groups is 2. The molecule has 5 heteroatoms. The highest BCUT2D eigenvalue weighted by molar-refractivity contribution is 6.03. The number of nitrogens with one attached hydrogen (secondary N) is 1. The molecular formula is C13H19NO4. The van der Waals surface area contributed by atoms with Crippen molar-refractivity contribution in [2.24, 2.45) is 0 Å². The van der Waals surface area contributed by atoms with Crippen molar-refractivity contribution in [1.82, 2.24) is 4.98 Å². The van der Waals surface area contributed by atoms with E-state index >= 15 is 0 Å². The Bertz CT molecular complexity index is 448. The van der Waals surface area contributed by atoms with Crippen LogP contribution in [0, 0.1) is 13.8 Å². The first-order valence-corrected chi connectivity index (χ1v) is 6.00. The fourth-order valence-corrected chi connectivity index (χ4v) is 1.84. The van der Waals surface area contributed by atoms with E-state index in [4.69, 9.17) is 9.47 Å². The molecule has 100 valence electrons. The summed E-state index contributed by atoms with van der Waals surface area (Å²) in [6, 6.07) is 0. The lowest BCUT2D eigenvalue weighted by Crippen LogP contribution is -2.11. The molecule has 0 amide bonds. The Kier molecular flexibility index (Phi) is 5.09. The number of esters is 1. The van der Waals surface area contributed by atoms with Gasteiger partial charge in [0, 0.05) is 17.9 Å². The molecule has 0 bridgehead atoms. The smallest absolute Gasteiger partial charge is 0.355 e. The van der Waals surface area contributed by atoms with Crippen LogP contribution in [0.1, 0.15) is 46.0 Å². The zero-order valence-electron chi connectivity index (χ0n) is 11.3. The summed E-state index contributed by atoms with van der Waals surface area (Å²) in [4.78, 5) is 26.5. The molecule has 0 aliphatic rings. The van der Waals surface area contributed by atoms with Gasteiger partial charge >= 0.3 is 5.97 Å². The molecule has 0 unspecified atom stereocenters. The average molecular weight is 253 g/mol. The predicted molar refractivity (Wildman–Crippen MR) is 67.0 cm³/mol. The van der Waals surface area contributed by atoms with Crippen LogP contribution >= 0.6 is 0 Å². The van der Waals surface area contributed by atoms with Crippen LogP contribution in [-0.2, 0) is 9.47 Å². The Hall–Kier alpha value is -1.62. The maximum absolute atomic E-state index is 11.9. The molecule has 0 aromatic carbocycles. The minimum absolute atomic E-state index is 0.0261. The van der Waals surface area contributed by atoms with Crippen molar-refractivity contribution in [2.45, 2.75) is 27.7 Å². The number of aryl methyl sites for hydroxylation is 1. The highest BCUT2D eigenvalue weighted by atomic mass is 16.5. The van der Waals surface area contributed by atoms with Crippen molar-refractivity contribution in [2.75, 3.05) is 19.8 Å². The Morgan fingerprint density at radius 1 is 1.17 bits per heavy atom. The quantitative estimate of drug-likeness (QED) is 0.622. The monoisotopic (exact) mass is 253 g/mol. The summed E-state index contributed by atoms with van der Waals surface area (Å²) >= 11 is 0. The molecule has 0 atom stereocenters. The van der Waals surface area contributed by atoms with E-state index in [-0.39, 0.29) is 12.4 Å². The lowest BCUT2D eigenvalue weighted by atomic mass is 10.1. The zero-order valence-corrected chi connectivity index (χ0v) is 11.3. The normalized spacial score (nSPS) is 10.4. The van der Waals surface area contributed by atoms with Gasteiger partial charge in [-0.25, -0.2) is 4.79 Å². The minimum Gasteiger partial charge on any atom is -0.461 e. The molecule has 0 aliphatic carbocycles. The third kappa shape index (κ3) is 2.98. The van der Waals surface area contributed by atoms with Crippen molar-refractivity contribution in [1.29, 1.82) is 0 Å². The third-order valence-electron chi connectivity index (χ3n) is 2.63. The molecular weight excluding hydrogens is 234 g/mol. The van der Waals surface area contributed by atoms with Crippen LogP contribution in [0.3, 0.4) is 0 Å². The van der Waals surface area contributed by atoms with Crippen molar-refractivity contribution in [3.05, 3.63) is 22.5 Å². The summed E-state index contributed by atoms with van der Waals surface area (Å²) in [7, 11) is 0. The second kappa shape index (κ2) is 6.35. The van der Waals surface area contributed by atoms with Crippen LogP contribution in [0.2, 0.25) is 0 Å². The Balaban J connectivity index is 3.00. The second-order valence-corrected chi connectivity index (χ2v) is 3.91. The molecule has 0 fully saturated rings. The number of hydrogen-bond donors (Lipinski definition) is 1. The van der Waals surface area contributed by atoms with Gasteiger partial charge in [-0.3, -0.25) is 4.79 Å². The molecule has 18 heavy (non-hydrogen) atoms. The topological polar surface area (TPSA) is 68.4 Å². The van der Waals surface area contributed by atoms with Gasteiger partial charge in [0.1, 0.15) is 12.3 Å². The first-order chi connectivity index (χ1) is 8.52. The van der Waals surface area contributed by atoms with E-state index in [2.05, 4.69) is 4.98 Å². The van der Waals surface area contributed by atoms with Crippen LogP contribution < -0.4 is 0 Å². The van der Waals surface area contributed by atoms with E-state index in [9.17, 15) is 9.59 Å². The third-order valence-corrected chi connectivity index (χ3v) is 2.63. The molecule has 1 N–H and O–H groups in total. The van der Waals surface area contributed by atoms with E-state index < -0.39 is 5.97 Å². The number of H-pyrrole nitrogens is 1. The Morgan fingerprint density at radius 2 is 1.83 bits per heavy atom. The van der Waals surface area contributed by atoms with E-state index in [0.717, 1.165) is 0 Å². The summed E-state index contributed by atoms with van der Waals surface area (Å²) in [5, 5.41) is 0. The largest absolute Gasteiger partial charge is 0.461 e. The summed E-state index contributed by atoms with van der Waals surface area (Å²) in [5.74, 6) is -0.563. The second-order valence-electron chi connectivity index (χ2n) is 3.91. The molecule has 0 saturated heterocycles. The average Bonchev–Trinajstić information content (AvgIpc) is 2.62. The SMILES string of the molecule is CCOCC(=O)c1c(C)[nH]c(C(=O)OCC)c1C. The van der Waals surface area contributed by atoms with Gasteiger partial charge in [0.2, 0.25) is 0 Å². The first-order valence-electron chi connectivity index (χ1n) is 6.00. The van der Waals surface area contributed by atoms with Gasteiger partial charge in [0.05, 0.1) is 6.61 Å². The molecule has 1 aromatic heterocycles. The number of aromatic amines is 1. The van der Waals surface area contributed by atoms with E-state index in [0.29, 0.717) is 35.7 Å². The molecule has 0 saturated carbocycles. The van der Waals surface area contributed by atoms with Gasteiger partial charge in [0.25, 0.3) is 0 Å². The molecule has 1 rings (SSSR count). The van der Waals surface area contributed by atoms with Gasteiger partial charge in [-0.15, -0.1) is 0 Å². The molecule has 0 aliphatic heterocycles. The summed E-state index contributed by atoms with van der Waals surface area (Å²) in [5.41, 5.74) is 2.15. The highest BCUT2D eigenvalue weighted by Gasteiger charge is 2.22. The van der Waals surface area contributed by atoms with Crippen LogP contribution in [0.5, 0.6) is 0 Å². The van der Waals surface area contributed by atoms with E-state index in [1.165, 1.54) is 0 Å². The van der Waals surface area contributed by atoms with Crippen molar-refractivity contribution in [3.8, 4) is 0 Å². The number of aromatic nitrogens is 1. The van der Waals surface area contributed by atoms with Crippen molar-refractivity contribution < 1.29 is 19.1 Å². The fourth-order valence-electron chi connectivity index (χ4n) is 1.84. The fraction of sp³-hybridized carbons (Fsp3) is 0.538. The first kappa shape index (κ1) is 14.4. The van der Waals surface area contributed by atoms with Gasteiger partial charge in [-0.05, 0) is 33.3 Å². The molecule has 1 aromatic rings. The number of ketones is 1. The van der Waals surface area contributed by atoms with Crippen LogP contribution in [-0.4, -0.2) is 36.6 Å². The number of ether oxygens (including phenoxy) is 2. The maximum atomic E-state index is 11.9. The molecule has 0 spiro atoms. The number of Topliss-reactive ketones (excluding diaryl/α,β-unsaturated/α-hetero) is 1. The minimum atomic E-state index is -0.437. The van der Waals surface area contributed by atoms with Gasteiger partial charge < -0.3 is 14.5 Å². The maximum Gasteiger partial charge on any atom is 0.355 e. The zero-order chi connectivity index (χ0) is 13.7. The molecule has 0 radical (unpaired) electrons. The van der Waals surface area contributed by atoms with Gasteiger partial charge in [0.15, 0.2) is 5.78 Å². The summed E-state index contributed by atoms with van der Waals surface area (Å²) < 4.78 is 10.0. The summed E-state index contributed by atoms with van der Waals surface area (Å²) in [6.07, 6.45) is 0. The highest BCUT2D eigenvalue weighted by Crippen LogP contribution is 2.19. The Morgan fingerprint density at radius 3 is 2.39 bits per heavy atom. The van der Waals surface area contributed by atoms with E-state index in [1.54, 1.807) is 20.8 Å². The number of hydrogen-bond acceptors (Lipinski definition) is 4. The standard InChI is InChI=1S/C13H19NO4/c1-5-17-7-10(15)11-8(3)12(14-9(11)4)13(16)18-6-2/h14H,5-7H2,1-4H3.